The molecule has 1 aliphatic rings. The normalized spacial score (nSPS) is 16.8. The van der Waals surface area contributed by atoms with E-state index in [1.807, 2.05) is 18.2 Å². The van der Waals surface area contributed by atoms with Crippen molar-refractivity contribution in [1.29, 1.82) is 0 Å². The van der Waals surface area contributed by atoms with Crippen LogP contribution < -0.4 is 0 Å². The lowest BCUT2D eigenvalue weighted by atomic mass is 9.99. The van der Waals surface area contributed by atoms with Crippen molar-refractivity contribution in [3.8, 4) is 0 Å². The molecule has 1 aromatic carbocycles. The highest BCUT2D eigenvalue weighted by atomic mass is 16.3. The number of hydrogen-bond donors (Lipinski definition) is 1. The molecule has 0 fully saturated rings. The van der Waals surface area contributed by atoms with Crippen molar-refractivity contribution in [1.82, 2.24) is 9.80 Å². The van der Waals surface area contributed by atoms with Crippen LogP contribution in [0, 0.1) is 0 Å². The van der Waals surface area contributed by atoms with Gasteiger partial charge in [-0.25, -0.2) is 0 Å². The van der Waals surface area contributed by atoms with Crippen LogP contribution in [0.3, 0.4) is 0 Å². The van der Waals surface area contributed by atoms with Crippen LogP contribution in [0.4, 0.5) is 0 Å². The van der Waals surface area contributed by atoms with E-state index in [0.717, 1.165) is 25.0 Å². The van der Waals surface area contributed by atoms with E-state index in [9.17, 15) is 14.7 Å². The number of aliphatic hydroxyl groups excluding tert-OH is 1. The van der Waals surface area contributed by atoms with Crippen LogP contribution in [0.5, 0.6) is 0 Å². The van der Waals surface area contributed by atoms with Crippen molar-refractivity contribution in [2.75, 3.05) is 26.2 Å². The van der Waals surface area contributed by atoms with Crippen LogP contribution >= 0.6 is 0 Å². The lowest BCUT2D eigenvalue weighted by molar-refractivity contribution is -0.129. The van der Waals surface area contributed by atoms with Gasteiger partial charge in [-0.1, -0.05) is 32.0 Å². The third kappa shape index (κ3) is 3.88. The SMILES string of the molecule is CCN(CC)CCCN1C(=O)C(O)=C(C(=O)c2cc3ccccc3o2)C1c1ccco1. The first-order valence-corrected chi connectivity index (χ1v) is 10.6. The zero-order valence-corrected chi connectivity index (χ0v) is 17.7. The van der Waals surface area contributed by atoms with Crippen LogP contribution in [-0.4, -0.2) is 52.8 Å². The highest BCUT2D eigenvalue weighted by Gasteiger charge is 2.45. The molecule has 3 aromatic rings. The standard InChI is InChI=1S/C24H26N2O5/c1-3-25(4-2)12-8-13-26-21(18-11-7-14-30-18)20(23(28)24(26)29)22(27)19-15-16-9-5-6-10-17(16)31-19/h5-7,9-11,14-15,21,28H,3-4,8,12-13H2,1-2H3. The molecular weight excluding hydrogens is 396 g/mol. The van der Waals surface area contributed by atoms with Crippen molar-refractivity contribution in [2.24, 2.45) is 0 Å². The molecule has 0 bridgehead atoms. The van der Waals surface area contributed by atoms with Gasteiger partial charge in [-0.15, -0.1) is 0 Å². The summed E-state index contributed by atoms with van der Waals surface area (Å²) in [4.78, 5) is 30.0. The first-order valence-electron chi connectivity index (χ1n) is 10.6. The van der Waals surface area contributed by atoms with Gasteiger partial charge < -0.3 is 23.7 Å². The Morgan fingerprint density at radius 2 is 1.94 bits per heavy atom. The topological polar surface area (TPSA) is 87.1 Å². The molecule has 0 saturated carbocycles. The number of benzene rings is 1. The Hall–Kier alpha value is -3.32. The number of carbonyl (C=O) groups is 2. The van der Waals surface area contributed by atoms with Gasteiger partial charge in [0, 0.05) is 11.9 Å². The number of hydrogen-bond acceptors (Lipinski definition) is 6. The van der Waals surface area contributed by atoms with Crippen molar-refractivity contribution >= 4 is 22.7 Å². The van der Waals surface area contributed by atoms with Crippen LogP contribution in [0.2, 0.25) is 0 Å². The van der Waals surface area contributed by atoms with E-state index in [4.69, 9.17) is 8.83 Å². The number of para-hydroxylation sites is 1. The quantitative estimate of drug-likeness (QED) is 0.516. The summed E-state index contributed by atoms with van der Waals surface area (Å²) in [7, 11) is 0. The summed E-state index contributed by atoms with van der Waals surface area (Å²) in [5.74, 6) is -1.12. The minimum absolute atomic E-state index is 0.0122. The highest BCUT2D eigenvalue weighted by Crippen LogP contribution is 2.39. The van der Waals surface area contributed by atoms with Crippen LogP contribution in [0.1, 0.15) is 42.6 Å². The average molecular weight is 422 g/mol. The van der Waals surface area contributed by atoms with Gasteiger partial charge in [0.1, 0.15) is 17.4 Å². The van der Waals surface area contributed by atoms with E-state index in [1.54, 1.807) is 24.3 Å². The van der Waals surface area contributed by atoms with Crippen molar-refractivity contribution < 1.29 is 23.5 Å². The molecule has 7 heteroatoms. The maximum absolute atomic E-state index is 13.4. The van der Waals surface area contributed by atoms with Gasteiger partial charge >= 0.3 is 0 Å². The molecule has 0 spiro atoms. The summed E-state index contributed by atoms with van der Waals surface area (Å²) in [6, 6.07) is 11.5. The number of ketones is 1. The fourth-order valence-electron chi connectivity index (χ4n) is 4.09. The monoisotopic (exact) mass is 422 g/mol. The third-order valence-electron chi connectivity index (χ3n) is 5.78. The number of nitrogens with zero attached hydrogens (tertiary/aromatic N) is 2. The first kappa shape index (κ1) is 20.9. The van der Waals surface area contributed by atoms with E-state index >= 15 is 0 Å². The van der Waals surface area contributed by atoms with Gasteiger partial charge in [-0.05, 0) is 50.3 Å². The van der Waals surface area contributed by atoms with Gasteiger partial charge in [0.05, 0.1) is 11.8 Å². The molecule has 1 atom stereocenters. The molecule has 2 aromatic heterocycles. The lowest BCUT2D eigenvalue weighted by Gasteiger charge is -2.26. The summed E-state index contributed by atoms with van der Waals surface area (Å²) in [6.07, 6.45) is 2.20. The van der Waals surface area contributed by atoms with Crippen LogP contribution in [0.15, 0.2) is 68.9 Å². The minimum atomic E-state index is -0.792. The summed E-state index contributed by atoms with van der Waals surface area (Å²) in [5, 5.41) is 11.5. The molecule has 1 amide bonds. The highest BCUT2D eigenvalue weighted by molar-refractivity contribution is 6.15. The van der Waals surface area contributed by atoms with Crippen molar-refractivity contribution in [3.63, 3.8) is 0 Å². The Labute approximate surface area is 180 Å². The molecule has 3 heterocycles. The number of aliphatic hydroxyl groups is 1. The molecule has 1 unspecified atom stereocenters. The number of rotatable bonds is 9. The second kappa shape index (κ2) is 8.81. The average Bonchev–Trinajstić information content (AvgIpc) is 3.51. The third-order valence-corrected chi connectivity index (χ3v) is 5.78. The molecule has 31 heavy (non-hydrogen) atoms. The van der Waals surface area contributed by atoms with Gasteiger partial charge in [0.25, 0.3) is 5.91 Å². The minimum Gasteiger partial charge on any atom is -0.503 e. The summed E-state index contributed by atoms with van der Waals surface area (Å²) in [5.41, 5.74) is 0.558. The van der Waals surface area contributed by atoms with Crippen molar-refractivity contribution in [3.05, 3.63) is 71.6 Å². The van der Waals surface area contributed by atoms with Crippen LogP contribution in [-0.2, 0) is 4.79 Å². The van der Waals surface area contributed by atoms with Gasteiger partial charge in [0.2, 0.25) is 5.78 Å². The molecule has 4 rings (SSSR count). The van der Waals surface area contributed by atoms with Crippen LogP contribution in [0.25, 0.3) is 11.0 Å². The molecular formula is C24H26N2O5. The maximum atomic E-state index is 13.4. The number of amides is 1. The lowest BCUT2D eigenvalue weighted by Crippen LogP contribution is -2.34. The largest absolute Gasteiger partial charge is 0.503 e. The molecule has 162 valence electrons. The molecule has 1 N–H and O–H groups in total. The molecule has 0 radical (unpaired) electrons. The van der Waals surface area contributed by atoms with E-state index in [2.05, 4.69) is 18.7 Å². The second-order valence-corrected chi connectivity index (χ2v) is 7.54. The smallest absolute Gasteiger partial charge is 0.290 e. The molecule has 0 aliphatic carbocycles. The zero-order valence-electron chi connectivity index (χ0n) is 17.7. The Morgan fingerprint density at radius 3 is 2.61 bits per heavy atom. The van der Waals surface area contributed by atoms with E-state index in [0.29, 0.717) is 24.3 Å². The van der Waals surface area contributed by atoms with Gasteiger partial charge in [-0.2, -0.15) is 0 Å². The molecule has 7 nitrogen and oxygen atoms in total. The second-order valence-electron chi connectivity index (χ2n) is 7.54. The van der Waals surface area contributed by atoms with E-state index in [-0.39, 0.29) is 11.3 Å². The Balaban J connectivity index is 1.65. The first-order chi connectivity index (χ1) is 15.0. The summed E-state index contributed by atoms with van der Waals surface area (Å²) in [6.45, 7) is 7.23. The fourth-order valence-corrected chi connectivity index (χ4v) is 4.09. The van der Waals surface area contributed by atoms with Crippen molar-refractivity contribution in [2.45, 2.75) is 26.3 Å². The number of carbonyl (C=O) groups excluding carboxylic acids is 2. The number of Topliss-reactive ketones (excluding diaryl/α,β-unsaturated/α-hetero) is 1. The predicted molar refractivity (Wildman–Crippen MR) is 116 cm³/mol. The zero-order chi connectivity index (χ0) is 22.0. The Kier molecular flexibility index (Phi) is 5.95. The summed E-state index contributed by atoms with van der Waals surface area (Å²) >= 11 is 0. The van der Waals surface area contributed by atoms with E-state index < -0.39 is 23.5 Å². The number of fused-ring (bicyclic) bond motifs is 1. The Morgan fingerprint density at radius 1 is 1.16 bits per heavy atom. The molecule has 1 aliphatic heterocycles. The van der Waals surface area contributed by atoms with Gasteiger partial charge in [0.15, 0.2) is 11.5 Å². The fraction of sp³-hybridized carbons (Fsp3) is 0.333. The predicted octanol–water partition coefficient (Wildman–Crippen LogP) is 4.34. The Bertz CT molecular complexity index is 1080. The molecule has 0 saturated heterocycles. The number of furan rings is 2. The summed E-state index contributed by atoms with van der Waals surface area (Å²) < 4.78 is 11.3. The maximum Gasteiger partial charge on any atom is 0.290 e. The van der Waals surface area contributed by atoms with Gasteiger partial charge in [-0.3, -0.25) is 9.59 Å². The van der Waals surface area contributed by atoms with E-state index in [1.165, 1.54) is 11.2 Å².